The Morgan fingerprint density at radius 3 is 2.92 bits per heavy atom. The number of hydrogen-bond acceptors (Lipinski definition) is 2. The molecule has 1 heterocycles. The molecule has 0 saturated heterocycles. The first-order chi connectivity index (χ1) is 6.24. The number of carbonyl (C=O) groups is 1. The van der Waals surface area contributed by atoms with Crippen molar-refractivity contribution in [1.82, 2.24) is 14.9 Å². The third-order valence-electron chi connectivity index (χ3n) is 1.99. The van der Waals surface area contributed by atoms with Gasteiger partial charge in [0.1, 0.15) is 0 Å². The molecule has 1 aromatic heterocycles. The second-order valence-corrected chi connectivity index (χ2v) is 3.26. The summed E-state index contributed by atoms with van der Waals surface area (Å²) in [5.74, 6) is 0. The lowest BCUT2D eigenvalue weighted by molar-refractivity contribution is -0.119. The minimum atomic E-state index is 0.264. The average Bonchev–Trinajstić information content (AvgIpc) is 2.57. The van der Waals surface area contributed by atoms with Crippen molar-refractivity contribution in [3.63, 3.8) is 0 Å². The molecule has 1 N–H and O–H groups in total. The predicted octanol–water partition coefficient (Wildman–Crippen LogP) is 0.819. The zero-order valence-electron chi connectivity index (χ0n) is 8.03. The highest BCUT2D eigenvalue weighted by atomic mass is 16.1. The molecule has 0 aliphatic carbocycles. The highest BCUT2D eigenvalue weighted by molar-refractivity contribution is 5.47. The Kier molecular flexibility index (Phi) is 3.49. The summed E-state index contributed by atoms with van der Waals surface area (Å²) in [6.45, 7) is 4.74. The quantitative estimate of drug-likeness (QED) is 0.684. The van der Waals surface area contributed by atoms with Gasteiger partial charge in [0, 0.05) is 30.9 Å². The van der Waals surface area contributed by atoms with Crippen LogP contribution < -0.4 is 0 Å². The Bertz CT molecular complexity index is 243. The van der Waals surface area contributed by atoms with Crippen LogP contribution in [0.1, 0.15) is 19.5 Å². The van der Waals surface area contributed by atoms with E-state index in [1.165, 1.54) is 0 Å². The van der Waals surface area contributed by atoms with E-state index in [-0.39, 0.29) is 6.04 Å². The largest absolute Gasteiger partial charge is 0.348 e. The van der Waals surface area contributed by atoms with Gasteiger partial charge in [0.2, 0.25) is 6.41 Å². The van der Waals surface area contributed by atoms with Crippen molar-refractivity contribution < 1.29 is 4.79 Å². The zero-order chi connectivity index (χ0) is 9.68. The van der Waals surface area contributed by atoms with Gasteiger partial charge >= 0.3 is 0 Å². The fraction of sp³-hybridized carbons (Fsp3) is 0.556. The van der Waals surface area contributed by atoms with Crippen molar-refractivity contribution in [2.45, 2.75) is 26.3 Å². The summed E-state index contributed by atoms with van der Waals surface area (Å²) in [6, 6.07) is 0.264. The van der Waals surface area contributed by atoms with E-state index in [1.807, 2.05) is 13.8 Å². The maximum absolute atomic E-state index is 10.6. The molecule has 1 rings (SSSR count). The van der Waals surface area contributed by atoms with Crippen LogP contribution in [0.3, 0.4) is 0 Å². The van der Waals surface area contributed by atoms with Gasteiger partial charge in [0.05, 0.1) is 6.33 Å². The number of carbonyl (C=O) groups excluding carboxylic acids is 1. The molecule has 1 amide bonds. The highest BCUT2D eigenvalue weighted by Gasteiger charge is 2.05. The Hall–Kier alpha value is -1.32. The normalized spacial score (nSPS) is 10.4. The fourth-order valence-electron chi connectivity index (χ4n) is 1.10. The first-order valence-corrected chi connectivity index (χ1v) is 4.42. The molecule has 4 nitrogen and oxygen atoms in total. The van der Waals surface area contributed by atoms with Crippen molar-refractivity contribution in [1.29, 1.82) is 0 Å². The molecule has 0 atom stereocenters. The van der Waals surface area contributed by atoms with Gasteiger partial charge in [-0.2, -0.15) is 0 Å². The topological polar surface area (TPSA) is 49.0 Å². The smallest absolute Gasteiger partial charge is 0.209 e. The van der Waals surface area contributed by atoms with E-state index in [9.17, 15) is 4.79 Å². The minimum Gasteiger partial charge on any atom is -0.348 e. The van der Waals surface area contributed by atoms with Gasteiger partial charge in [-0.1, -0.05) is 0 Å². The number of amides is 1. The number of rotatable bonds is 5. The van der Waals surface area contributed by atoms with Crippen molar-refractivity contribution in [3.05, 3.63) is 18.2 Å². The van der Waals surface area contributed by atoms with Crippen LogP contribution in [0.5, 0.6) is 0 Å². The van der Waals surface area contributed by atoms with E-state index in [2.05, 4.69) is 9.97 Å². The van der Waals surface area contributed by atoms with Gasteiger partial charge in [-0.15, -0.1) is 0 Å². The molecule has 0 spiro atoms. The number of hydrogen-bond donors (Lipinski definition) is 1. The van der Waals surface area contributed by atoms with E-state index in [1.54, 1.807) is 17.4 Å². The molecule has 0 saturated carbocycles. The molecule has 0 radical (unpaired) electrons. The summed E-state index contributed by atoms with van der Waals surface area (Å²) in [6.07, 6.45) is 5.15. The molecule has 72 valence electrons. The summed E-state index contributed by atoms with van der Waals surface area (Å²) in [5, 5.41) is 0. The molecule has 0 aromatic carbocycles. The van der Waals surface area contributed by atoms with Gasteiger partial charge in [0.15, 0.2) is 0 Å². The summed E-state index contributed by atoms with van der Waals surface area (Å²) in [4.78, 5) is 19.3. The van der Waals surface area contributed by atoms with Crippen LogP contribution in [0.15, 0.2) is 12.5 Å². The van der Waals surface area contributed by atoms with E-state index >= 15 is 0 Å². The Morgan fingerprint density at radius 1 is 1.69 bits per heavy atom. The molecule has 0 unspecified atom stereocenters. The van der Waals surface area contributed by atoms with Crippen LogP contribution in [0, 0.1) is 0 Å². The molecule has 13 heavy (non-hydrogen) atoms. The second-order valence-electron chi connectivity index (χ2n) is 3.26. The number of nitrogens with zero attached hydrogens (tertiary/aromatic N) is 2. The third-order valence-corrected chi connectivity index (χ3v) is 1.99. The van der Waals surface area contributed by atoms with Crippen molar-refractivity contribution in [2.75, 3.05) is 6.54 Å². The van der Waals surface area contributed by atoms with Crippen LogP contribution >= 0.6 is 0 Å². The molecule has 0 fully saturated rings. The molecule has 0 aliphatic rings. The number of aromatic amines is 1. The zero-order valence-corrected chi connectivity index (χ0v) is 8.03. The lowest BCUT2D eigenvalue weighted by atomic mass is 10.3. The number of H-pyrrole nitrogens is 1. The van der Waals surface area contributed by atoms with Crippen LogP contribution in [0.2, 0.25) is 0 Å². The van der Waals surface area contributed by atoms with Crippen LogP contribution in [-0.4, -0.2) is 33.9 Å². The highest BCUT2D eigenvalue weighted by Crippen LogP contribution is 1.98. The lowest BCUT2D eigenvalue weighted by Crippen LogP contribution is -2.31. The SMILES string of the molecule is CC(C)N(C=O)CCc1cnc[nH]1. The van der Waals surface area contributed by atoms with Crippen molar-refractivity contribution in [2.24, 2.45) is 0 Å². The summed E-state index contributed by atoms with van der Waals surface area (Å²) in [7, 11) is 0. The second kappa shape index (κ2) is 4.64. The van der Waals surface area contributed by atoms with Crippen LogP contribution in [0.25, 0.3) is 0 Å². The average molecular weight is 181 g/mol. The van der Waals surface area contributed by atoms with Crippen LogP contribution in [0.4, 0.5) is 0 Å². The van der Waals surface area contributed by atoms with Gasteiger partial charge in [-0.3, -0.25) is 4.79 Å². The summed E-state index contributed by atoms with van der Waals surface area (Å²) >= 11 is 0. The minimum absolute atomic E-state index is 0.264. The Labute approximate surface area is 78.0 Å². The molecule has 0 aliphatic heterocycles. The van der Waals surface area contributed by atoms with E-state index < -0.39 is 0 Å². The third kappa shape index (κ3) is 2.89. The first-order valence-electron chi connectivity index (χ1n) is 4.42. The number of nitrogens with one attached hydrogen (secondary N) is 1. The Morgan fingerprint density at radius 2 is 2.46 bits per heavy atom. The van der Waals surface area contributed by atoms with Gasteiger partial charge in [-0.05, 0) is 13.8 Å². The molecule has 1 aromatic rings. The standard InChI is InChI=1S/C9H15N3O/c1-8(2)12(7-13)4-3-9-5-10-6-11-9/h5-8H,3-4H2,1-2H3,(H,10,11). The van der Waals surface area contributed by atoms with Crippen molar-refractivity contribution in [3.8, 4) is 0 Å². The van der Waals surface area contributed by atoms with E-state index in [0.29, 0.717) is 0 Å². The number of aromatic nitrogens is 2. The summed E-state index contributed by atoms with van der Waals surface area (Å²) in [5.41, 5.74) is 1.06. The van der Waals surface area contributed by atoms with E-state index in [0.717, 1.165) is 25.1 Å². The Balaban J connectivity index is 2.36. The maximum atomic E-state index is 10.6. The first kappa shape index (κ1) is 9.77. The fourth-order valence-corrected chi connectivity index (χ4v) is 1.10. The van der Waals surface area contributed by atoms with Gasteiger partial charge in [0.25, 0.3) is 0 Å². The lowest BCUT2D eigenvalue weighted by Gasteiger charge is -2.20. The van der Waals surface area contributed by atoms with Gasteiger partial charge in [-0.25, -0.2) is 4.98 Å². The van der Waals surface area contributed by atoms with Crippen molar-refractivity contribution >= 4 is 6.41 Å². The molecule has 4 heteroatoms. The van der Waals surface area contributed by atoms with Crippen LogP contribution in [-0.2, 0) is 11.2 Å². The molecular weight excluding hydrogens is 166 g/mol. The predicted molar refractivity (Wildman–Crippen MR) is 50.2 cm³/mol. The van der Waals surface area contributed by atoms with Gasteiger partial charge < -0.3 is 9.88 Å². The maximum Gasteiger partial charge on any atom is 0.209 e. The number of imidazole rings is 1. The summed E-state index contributed by atoms with van der Waals surface area (Å²) < 4.78 is 0. The molecular formula is C9H15N3O. The van der Waals surface area contributed by atoms with E-state index in [4.69, 9.17) is 0 Å². The molecule has 0 bridgehead atoms. The monoisotopic (exact) mass is 181 g/mol.